The standard InChI is InChI=1S/C10H9NO3S.C7H11NO/c1-2-3-15-8-4-7(12)10-6(9(8)13)5-11-14-10;1-4-5-6(2)8-7(3)9/h4-5H,2-3H2,1H3;4-5H,1H2,2-3H3,(H,8,9)/b;6-5+. The van der Waals surface area contributed by atoms with Crippen LogP contribution >= 0.6 is 11.8 Å². The van der Waals surface area contributed by atoms with Crippen LogP contribution in [0.15, 0.2) is 46.1 Å². The number of amides is 1. The minimum absolute atomic E-state index is 0.0504. The van der Waals surface area contributed by atoms with Gasteiger partial charge in [0, 0.05) is 18.7 Å². The zero-order chi connectivity index (χ0) is 18.1. The van der Waals surface area contributed by atoms with Crippen molar-refractivity contribution in [2.45, 2.75) is 27.2 Å². The molecule has 1 aliphatic carbocycles. The first-order valence-corrected chi connectivity index (χ1v) is 8.34. The van der Waals surface area contributed by atoms with E-state index in [9.17, 15) is 14.4 Å². The van der Waals surface area contributed by atoms with E-state index in [4.69, 9.17) is 4.52 Å². The Morgan fingerprint density at radius 1 is 1.42 bits per heavy atom. The zero-order valence-corrected chi connectivity index (χ0v) is 14.7. The van der Waals surface area contributed by atoms with Gasteiger partial charge in [0.25, 0.3) is 0 Å². The fraction of sp³-hybridized carbons (Fsp3) is 0.294. The molecule has 0 atom stereocenters. The molecular formula is C17H20N2O4S. The summed E-state index contributed by atoms with van der Waals surface area (Å²) in [6.45, 7) is 8.78. The molecule has 0 fully saturated rings. The van der Waals surface area contributed by atoms with E-state index in [1.54, 1.807) is 12.2 Å². The van der Waals surface area contributed by atoms with Gasteiger partial charge in [0.2, 0.25) is 23.2 Å². The second-order valence-corrected chi connectivity index (χ2v) is 6.02. The SMILES string of the molecule is C=C/C=C(\C)NC(C)=O.CCCSC1=CC(=O)c2oncc2C1=O. The van der Waals surface area contributed by atoms with Crippen molar-refractivity contribution in [3.8, 4) is 0 Å². The number of aromatic nitrogens is 1. The van der Waals surface area contributed by atoms with E-state index >= 15 is 0 Å². The molecule has 128 valence electrons. The van der Waals surface area contributed by atoms with Crippen LogP contribution in [0.1, 0.15) is 48.1 Å². The lowest BCUT2D eigenvalue weighted by molar-refractivity contribution is -0.118. The number of ketones is 2. The molecule has 2 rings (SSSR count). The minimum atomic E-state index is -0.277. The monoisotopic (exact) mass is 348 g/mol. The number of Topliss-reactive ketones (excluding diaryl/α,β-unsaturated/α-hetero) is 1. The summed E-state index contributed by atoms with van der Waals surface area (Å²) in [4.78, 5) is 34.1. The van der Waals surface area contributed by atoms with Gasteiger partial charge in [0.05, 0.1) is 16.7 Å². The highest BCUT2D eigenvalue weighted by molar-refractivity contribution is 8.04. The third-order valence-electron chi connectivity index (χ3n) is 2.73. The highest BCUT2D eigenvalue weighted by Gasteiger charge is 2.29. The second kappa shape index (κ2) is 9.67. The third kappa shape index (κ3) is 5.66. The molecule has 6 nitrogen and oxygen atoms in total. The van der Waals surface area contributed by atoms with Crippen molar-refractivity contribution < 1.29 is 18.9 Å². The lowest BCUT2D eigenvalue weighted by atomic mass is 10.0. The molecule has 1 aromatic heterocycles. The van der Waals surface area contributed by atoms with E-state index in [-0.39, 0.29) is 28.8 Å². The molecule has 24 heavy (non-hydrogen) atoms. The van der Waals surface area contributed by atoms with Crippen LogP contribution in [0.25, 0.3) is 0 Å². The number of nitrogens with zero attached hydrogens (tertiary/aromatic N) is 1. The lowest BCUT2D eigenvalue weighted by Crippen LogP contribution is -2.16. The molecule has 1 amide bonds. The Morgan fingerprint density at radius 3 is 2.71 bits per heavy atom. The second-order valence-electron chi connectivity index (χ2n) is 4.89. The van der Waals surface area contributed by atoms with Gasteiger partial charge >= 0.3 is 0 Å². The fourth-order valence-corrected chi connectivity index (χ4v) is 2.63. The van der Waals surface area contributed by atoms with Crippen molar-refractivity contribution in [1.29, 1.82) is 0 Å². The van der Waals surface area contributed by atoms with Gasteiger partial charge in [-0.05, 0) is 25.2 Å². The van der Waals surface area contributed by atoms with Crippen LogP contribution in [-0.4, -0.2) is 28.4 Å². The molecule has 0 unspecified atom stereocenters. The molecule has 0 bridgehead atoms. The van der Waals surface area contributed by atoms with Gasteiger partial charge in [-0.3, -0.25) is 14.4 Å². The molecule has 0 spiro atoms. The zero-order valence-electron chi connectivity index (χ0n) is 13.9. The Labute approximate surface area is 145 Å². The Bertz CT molecular complexity index is 701. The number of hydrogen-bond donors (Lipinski definition) is 1. The van der Waals surface area contributed by atoms with Crippen molar-refractivity contribution in [2.24, 2.45) is 0 Å². The van der Waals surface area contributed by atoms with Gasteiger partial charge in [-0.1, -0.05) is 24.7 Å². The van der Waals surface area contributed by atoms with Crippen LogP contribution < -0.4 is 5.32 Å². The number of carbonyl (C=O) groups is 3. The van der Waals surface area contributed by atoms with Gasteiger partial charge in [-0.2, -0.15) is 0 Å². The van der Waals surface area contributed by atoms with E-state index < -0.39 is 0 Å². The van der Waals surface area contributed by atoms with Crippen LogP contribution in [0.5, 0.6) is 0 Å². The summed E-state index contributed by atoms with van der Waals surface area (Å²) >= 11 is 1.40. The third-order valence-corrected chi connectivity index (χ3v) is 3.95. The van der Waals surface area contributed by atoms with Crippen LogP contribution in [0, 0.1) is 0 Å². The maximum absolute atomic E-state index is 11.8. The van der Waals surface area contributed by atoms with Gasteiger partial charge in [0.15, 0.2) is 0 Å². The predicted octanol–water partition coefficient (Wildman–Crippen LogP) is 3.29. The van der Waals surface area contributed by atoms with Gasteiger partial charge in [-0.25, -0.2) is 0 Å². The summed E-state index contributed by atoms with van der Waals surface area (Å²) in [7, 11) is 0. The largest absolute Gasteiger partial charge is 0.352 e. The summed E-state index contributed by atoms with van der Waals surface area (Å²) in [6.07, 6.45) is 6.96. The van der Waals surface area contributed by atoms with Crippen LogP contribution in [0.3, 0.4) is 0 Å². The van der Waals surface area contributed by atoms with Gasteiger partial charge in [-0.15, -0.1) is 11.8 Å². The maximum Gasteiger partial charge on any atom is 0.225 e. The molecular weight excluding hydrogens is 328 g/mol. The highest BCUT2D eigenvalue weighted by Crippen LogP contribution is 2.28. The lowest BCUT2D eigenvalue weighted by Gasteiger charge is -2.08. The Hall–Kier alpha value is -2.41. The van der Waals surface area contributed by atoms with E-state index in [0.717, 1.165) is 17.9 Å². The summed E-state index contributed by atoms with van der Waals surface area (Å²) in [5.74, 6) is 0.391. The van der Waals surface area contributed by atoms with Crippen molar-refractivity contribution >= 4 is 29.2 Å². The first-order valence-electron chi connectivity index (χ1n) is 7.35. The number of allylic oxidation sites excluding steroid dienone is 5. The fourth-order valence-electron chi connectivity index (χ4n) is 1.78. The maximum atomic E-state index is 11.8. The molecule has 1 heterocycles. The summed E-state index contributed by atoms with van der Waals surface area (Å²) in [5.41, 5.74) is 1.10. The van der Waals surface area contributed by atoms with E-state index in [1.165, 1.54) is 31.0 Å². The van der Waals surface area contributed by atoms with Gasteiger partial charge in [0.1, 0.15) is 0 Å². The molecule has 0 saturated heterocycles. The molecule has 1 N–H and O–H groups in total. The minimum Gasteiger partial charge on any atom is -0.352 e. The number of rotatable bonds is 5. The number of nitrogens with one attached hydrogen (secondary N) is 1. The molecule has 0 aromatic carbocycles. The first-order chi connectivity index (χ1) is 11.4. The van der Waals surface area contributed by atoms with Crippen LogP contribution in [-0.2, 0) is 4.79 Å². The molecule has 0 aliphatic heterocycles. The predicted molar refractivity (Wildman–Crippen MR) is 93.8 cm³/mol. The van der Waals surface area contributed by atoms with Crippen LogP contribution in [0.2, 0.25) is 0 Å². The Kier molecular flexibility index (Phi) is 7.91. The van der Waals surface area contributed by atoms with Crippen molar-refractivity contribution in [3.63, 3.8) is 0 Å². The van der Waals surface area contributed by atoms with Gasteiger partial charge < -0.3 is 9.84 Å². The molecule has 0 radical (unpaired) electrons. The van der Waals surface area contributed by atoms with Crippen molar-refractivity contribution in [2.75, 3.05) is 5.75 Å². The number of hydrogen-bond acceptors (Lipinski definition) is 6. The number of carbonyl (C=O) groups excluding carboxylic acids is 3. The first kappa shape index (κ1) is 19.6. The summed E-state index contributed by atoms with van der Waals surface area (Å²) in [6, 6.07) is 0. The molecule has 1 aromatic rings. The quantitative estimate of drug-likeness (QED) is 0.821. The molecule has 1 aliphatic rings. The van der Waals surface area contributed by atoms with E-state index in [2.05, 4.69) is 17.1 Å². The number of fused-ring (bicyclic) bond motifs is 1. The van der Waals surface area contributed by atoms with E-state index in [0.29, 0.717) is 4.91 Å². The smallest absolute Gasteiger partial charge is 0.225 e. The Balaban J connectivity index is 0.000000277. The topological polar surface area (TPSA) is 89.3 Å². The Morgan fingerprint density at radius 2 is 2.12 bits per heavy atom. The number of thioether (sulfide) groups is 1. The highest BCUT2D eigenvalue weighted by atomic mass is 32.2. The summed E-state index contributed by atoms with van der Waals surface area (Å²) in [5, 5.41) is 6.05. The average Bonchev–Trinajstić information content (AvgIpc) is 3.00. The normalized spacial score (nSPS) is 13.5. The molecule has 0 saturated carbocycles. The average molecular weight is 348 g/mol. The van der Waals surface area contributed by atoms with Crippen molar-refractivity contribution in [3.05, 3.63) is 52.9 Å². The van der Waals surface area contributed by atoms with Crippen molar-refractivity contribution in [1.82, 2.24) is 10.5 Å². The molecule has 7 heteroatoms. The van der Waals surface area contributed by atoms with E-state index in [1.807, 2.05) is 13.8 Å². The summed E-state index contributed by atoms with van der Waals surface area (Å²) < 4.78 is 4.72. The van der Waals surface area contributed by atoms with Crippen LogP contribution in [0.4, 0.5) is 0 Å².